The van der Waals surface area contributed by atoms with E-state index in [1.165, 1.54) is 51.4 Å². The Bertz CT molecular complexity index is 417. The zero-order chi connectivity index (χ0) is 19.6. The molecule has 0 bridgehead atoms. The standard InChI is InChI=1S/C24H43NO2/c1-3-5-6-7-8-9-10-11-12-13-14-15-16-17-18-21-24(26)27-23-20-19-22-25(23)4-2/h8-9,11-12,23H,3-7,10,13-22H2,1-2H3/b9-8-,12-11-. The van der Waals surface area contributed by atoms with Crippen molar-refractivity contribution in [2.45, 2.75) is 110 Å². The molecule has 1 aliphatic heterocycles. The first-order valence-electron chi connectivity index (χ1n) is 11.5. The largest absolute Gasteiger partial charge is 0.446 e. The second-order valence-electron chi connectivity index (χ2n) is 7.70. The summed E-state index contributed by atoms with van der Waals surface area (Å²) in [5.74, 6) is -0.00830. The molecule has 0 aliphatic carbocycles. The summed E-state index contributed by atoms with van der Waals surface area (Å²) in [6.45, 7) is 6.42. The molecule has 3 heteroatoms. The molecule has 0 N–H and O–H groups in total. The van der Waals surface area contributed by atoms with Crippen LogP contribution in [0.15, 0.2) is 24.3 Å². The molecule has 1 heterocycles. The summed E-state index contributed by atoms with van der Waals surface area (Å²) in [6.07, 6.45) is 25.3. The average molecular weight is 378 g/mol. The molecule has 0 saturated carbocycles. The molecule has 1 saturated heterocycles. The molecule has 1 fully saturated rings. The highest BCUT2D eigenvalue weighted by Crippen LogP contribution is 2.18. The molecule has 27 heavy (non-hydrogen) atoms. The Labute approximate surface area is 168 Å². The molecule has 0 aromatic carbocycles. The summed E-state index contributed by atoms with van der Waals surface area (Å²) in [5, 5.41) is 0. The van der Waals surface area contributed by atoms with Crippen molar-refractivity contribution in [3.63, 3.8) is 0 Å². The van der Waals surface area contributed by atoms with Crippen molar-refractivity contribution in [2.75, 3.05) is 13.1 Å². The van der Waals surface area contributed by atoms with Crippen molar-refractivity contribution in [3.8, 4) is 0 Å². The Morgan fingerprint density at radius 2 is 1.59 bits per heavy atom. The third kappa shape index (κ3) is 12.8. The van der Waals surface area contributed by atoms with Gasteiger partial charge in [-0.05, 0) is 57.9 Å². The fraction of sp³-hybridized carbons (Fsp3) is 0.792. The van der Waals surface area contributed by atoms with E-state index in [2.05, 4.69) is 43.1 Å². The number of rotatable bonds is 16. The third-order valence-electron chi connectivity index (χ3n) is 5.31. The minimum Gasteiger partial charge on any atom is -0.446 e. The van der Waals surface area contributed by atoms with Crippen LogP contribution in [0, 0.1) is 0 Å². The van der Waals surface area contributed by atoms with Gasteiger partial charge in [-0.3, -0.25) is 9.69 Å². The topological polar surface area (TPSA) is 29.5 Å². The zero-order valence-corrected chi connectivity index (χ0v) is 18.0. The Hall–Kier alpha value is -1.09. The van der Waals surface area contributed by atoms with Gasteiger partial charge in [-0.2, -0.15) is 0 Å². The average Bonchev–Trinajstić information content (AvgIpc) is 3.12. The summed E-state index contributed by atoms with van der Waals surface area (Å²) >= 11 is 0. The monoisotopic (exact) mass is 377 g/mol. The summed E-state index contributed by atoms with van der Waals surface area (Å²) in [5.41, 5.74) is 0. The van der Waals surface area contributed by atoms with Gasteiger partial charge in [0, 0.05) is 13.0 Å². The van der Waals surface area contributed by atoms with E-state index < -0.39 is 0 Å². The molecule has 1 rings (SSSR count). The van der Waals surface area contributed by atoms with E-state index in [1.54, 1.807) is 0 Å². The van der Waals surface area contributed by atoms with Gasteiger partial charge in [-0.1, -0.05) is 70.3 Å². The van der Waals surface area contributed by atoms with E-state index in [0.717, 1.165) is 45.2 Å². The van der Waals surface area contributed by atoms with Gasteiger partial charge < -0.3 is 4.74 Å². The van der Waals surface area contributed by atoms with E-state index in [4.69, 9.17) is 4.74 Å². The molecule has 0 aromatic rings. The number of unbranched alkanes of at least 4 members (excludes halogenated alkanes) is 8. The first-order valence-corrected chi connectivity index (χ1v) is 11.5. The van der Waals surface area contributed by atoms with Crippen LogP contribution in [0.1, 0.15) is 104 Å². The lowest BCUT2D eigenvalue weighted by molar-refractivity contribution is -0.156. The normalized spacial score (nSPS) is 18.1. The number of nitrogens with zero attached hydrogens (tertiary/aromatic N) is 1. The fourth-order valence-electron chi connectivity index (χ4n) is 3.58. The second kappa shape index (κ2) is 17.0. The highest BCUT2D eigenvalue weighted by molar-refractivity contribution is 5.69. The summed E-state index contributed by atoms with van der Waals surface area (Å²) in [6, 6.07) is 0. The number of ether oxygens (including phenoxy) is 1. The summed E-state index contributed by atoms with van der Waals surface area (Å²) in [4.78, 5) is 14.2. The number of hydrogen-bond donors (Lipinski definition) is 0. The number of likely N-dealkylation sites (tertiary alicyclic amines) is 1. The molecule has 1 unspecified atom stereocenters. The predicted molar refractivity (Wildman–Crippen MR) is 116 cm³/mol. The highest BCUT2D eigenvalue weighted by atomic mass is 16.6. The number of hydrogen-bond acceptors (Lipinski definition) is 3. The lowest BCUT2D eigenvalue weighted by atomic mass is 10.1. The fourth-order valence-corrected chi connectivity index (χ4v) is 3.58. The van der Waals surface area contributed by atoms with E-state index >= 15 is 0 Å². The number of carbonyl (C=O) groups is 1. The summed E-state index contributed by atoms with van der Waals surface area (Å²) < 4.78 is 5.61. The lowest BCUT2D eigenvalue weighted by Gasteiger charge is -2.22. The number of allylic oxidation sites excluding steroid dienone is 4. The molecule has 0 amide bonds. The Morgan fingerprint density at radius 1 is 0.926 bits per heavy atom. The highest BCUT2D eigenvalue weighted by Gasteiger charge is 2.25. The van der Waals surface area contributed by atoms with Crippen LogP contribution in [-0.2, 0) is 9.53 Å². The van der Waals surface area contributed by atoms with Gasteiger partial charge in [0.2, 0.25) is 0 Å². The molecular formula is C24H43NO2. The first-order chi connectivity index (χ1) is 13.3. The lowest BCUT2D eigenvalue weighted by Crippen LogP contribution is -2.33. The smallest absolute Gasteiger partial charge is 0.307 e. The van der Waals surface area contributed by atoms with E-state index in [-0.39, 0.29) is 12.2 Å². The predicted octanol–water partition coefficient (Wildman–Crippen LogP) is 6.78. The first kappa shape index (κ1) is 23.9. The van der Waals surface area contributed by atoms with Gasteiger partial charge in [0.25, 0.3) is 0 Å². The molecule has 156 valence electrons. The minimum absolute atomic E-state index is 0.00830. The van der Waals surface area contributed by atoms with Crippen molar-refractivity contribution in [1.29, 1.82) is 0 Å². The van der Waals surface area contributed by atoms with Crippen LogP contribution in [0.25, 0.3) is 0 Å². The molecule has 3 nitrogen and oxygen atoms in total. The molecule has 1 atom stereocenters. The van der Waals surface area contributed by atoms with Crippen molar-refractivity contribution < 1.29 is 9.53 Å². The van der Waals surface area contributed by atoms with Gasteiger partial charge in [0.1, 0.15) is 0 Å². The Balaban J connectivity index is 1.87. The number of carbonyl (C=O) groups excluding carboxylic acids is 1. The van der Waals surface area contributed by atoms with E-state index in [0.29, 0.717) is 6.42 Å². The van der Waals surface area contributed by atoms with Crippen LogP contribution in [0.2, 0.25) is 0 Å². The van der Waals surface area contributed by atoms with Crippen molar-refractivity contribution in [1.82, 2.24) is 4.90 Å². The quantitative estimate of drug-likeness (QED) is 0.168. The van der Waals surface area contributed by atoms with Crippen molar-refractivity contribution >= 4 is 5.97 Å². The maximum Gasteiger partial charge on any atom is 0.307 e. The molecular weight excluding hydrogens is 334 g/mol. The van der Waals surface area contributed by atoms with Crippen molar-refractivity contribution in [3.05, 3.63) is 24.3 Å². The van der Waals surface area contributed by atoms with Gasteiger partial charge >= 0.3 is 5.97 Å². The van der Waals surface area contributed by atoms with E-state index in [9.17, 15) is 4.79 Å². The van der Waals surface area contributed by atoms with Gasteiger partial charge in [0.05, 0.1) is 0 Å². The molecule has 0 aromatic heterocycles. The summed E-state index contributed by atoms with van der Waals surface area (Å²) in [7, 11) is 0. The molecule has 0 spiro atoms. The zero-order valence-electron chi connectivity index (χ0n) is 18.0. The number of esters is 1. The van der Waals surface area contributed by atoms with Crippen LogP contribution in [0.4, 0.5) is 0 Å². The van der Waals surface area contributed by atoms with Crippen LogP contribution in [0.5, 0.6) is 0 Å². The SMILES string of the molecule is CCCCC/C=C\C/C=C\CCCCCCCC(=O)OC1CCCN1CC. The minimum atomic E-state index is -0.00830. The van der Waals surface area contributed by atoms with Gasteiger partial charge in [-0.25, -0.2) is 0 Å². The molecule has 0 radical (unpaired) electrons. The van der Waals surface area contributed by atoms with Crippen LogP contribution < -0.4 is 0 Å². The van der Waals surface area contributed by atoms with E-state index in [1.807, 2.05) is 0 Å². The molecule has 1 aliphatic rings. The van der Waals surface area contributed by atoms with Gasteiger partial charge in [0.15, 0.2) is 6.23 Å². The third-order valence-corrected chi connectivity index (χ3v) is 5.31. The Morgan fingerprint density at radius 3 is 2.30 bits per heavy atom. The second-order valence-corrected chi connectivity index (χ2v) is 7.70. The maximum absolute atomic E-state index is 11.9. The Kier molecular flexibility index (Phi) is 15.1. The van der Waals surface area contributed by atoms with Gasteiger partial charge in [-0.15, -0.1) is 0 Å². The van der Waals surface area contributed by atoms with Crippen LogP contribution in [0.3, 0.4) is 0 Å². The van der Waals surface area contributed by atoms with Crippen LogP contribution in [-0.4, -0.2) is 30.2 Å². The maximum atomic E-state index is 11.9. The van der Waals surface area contributed by atoms with Crippen molar-refractivity contribution in [2.24, 2.45) is 0 Å². The van der Waals surface area contributed by atoms with Crippen LogP contribution >= 0.6 is 0 Å².